The Morgan fingerprint density at radius 2 is 2.00 bits per heavy atom. The average molecular weight is 546 g/mol. The molecule has 9 heteroatoms. The highest BCUT2D eigenvalue weighted by Crippen LogP contribution is 2.43. The van der Waals surface area contributed by atoms with Crippen LogP contribution in [0.2, 0.25) is 0 Å². The fourth-order valence-electron chi connectivity index (χ4n) is 5.98. The Kier molecular flexibility index (Phi) is 6.61. The predicted molar refractivity (Wildman–Crippen MR) is 136 cm³/mol. The number of aromatic nitrogens is 2. The Labute approximate surface area is 214 Å². The lowest BCUT2D eigenvalue weighted by Gasteiger charge is -2.39. The molecule has 1 amide bonds. The summed E-state index contributed by atoms with van der Waals surface area (Å²) in [5.74, 6) is 0.0953. The molecular formula is C26H33BrFN5O2. The van der Waals surface area contributed by atoms with E-state index in [1.165, 1.54) is 12.4 Å². The van der Waals surface area contributed by atoms with E-state index in [1.54, 1.807) is 6.07 Å². The van der Waals surface area contributed by atoms with E-state index in [4.69, 9.17) is 0 Å². The van der Waals surface area contributed by atoms with Crippen LogP contribution in [0.15, 0.2) is 29.0 Å². The number of fused-ring (bicyclic) bond motifs is 1. The highest BCUT2D eigenvalue weighted by molar-refractivity contribution is 9.10. The van der Waals surface area contributed by atoms with Gasteiger partial charge in [-0.15, -0.1) is 0 Å². The van der Waals surface area contributed by atoms with E-state index < -0.39 is 12.0 Å². The fraction of sp³-hybridized carbons (Fsp3) is 0.577. The predicted octanol–water partition coefficient (Wildman–Crippen LogP) is 3.88. The third-order valence-electron chi connectivity index (χ3n) is 7.79. The van der Waals surface area contributed by atoms with Crippen LogP contribution in [0.5, 0.6) is 0 Å². The van der Waals surface area contributed by atoms with E-state index in [-0.39, 0.29) is 29.2 Å². The molecule has 1 aromatic heterocycles. The number of halogens is 2. The van der Waals surface area contributed by atoms with Gasteiger partial charge in [-0.2, -0.15) is 0 Å². The maximum absolute atomic E-state index is 15.1. The number of rotatable bonds is 4. The molecule has 2 fully saturated rings. The number of hydrogen-bond acceptors (Lipinski definition) is 6. The molecule has 0 unspecified atom stereocenters. The molecular weight excluding hydrogens is 513 g/mol. The van der Waals surface area contributed by atoms with Crippen LogP contribution in [0.25, 0.3) is 0 Å². The minimum atomic E-state index is -0.574. The second-order valence-electron chi connectivity index (χ2n) is 10.8. The first-order chi connectivity index (χ1) is 16.6. The maximum atomic E-state index is 15.1. The van der Waals surface area contributed by atoms with E-state index in [1.807, 2.05) is 11.0 Å². The van der Waals surface area contributed by atoms with E-state index in [0.29, 0.717) is 42.6 Å². The molecule has 3 heterocycles. The van der Waals surface area contributed by atoms with Crippen molar-refractivity contribution in [3.8, 4) is 0 Å². The number of carbonyl (C=O) groups is 1. The number of carbonyl (C=O) groups excluding carboxylic acids is 1. The summed E-state index contributed by atoms with van der Waals surface area (Å²) in [6.07, 6.45) is 3.40. The summed E-state index contributed by atoms with van der Waals surface area (Å²) in [6.45, 7) is 8.70. The van der Waals surface area contributed by atoms with Gasteiger partial charge in [-0.3, -0.25) is 4.79 Å². The Bertz CT molecular complexity index is 1120. The summed E-state index contributed by atoms with van der Waals surface area (Å²) in [4.78, 5) is 26.8. The topological polar surface area (TPSA) is 81.6 Å². The first-order valence-corrected chi connectivity index (χ1v) is 13.2. The van der Waals surface area contributed by atoms with Gasteiger partial charge in [0, 0.05) is 53.4 Å². The van der Waals surface area contributed by atoms with Gasteiger partial charge in [0.15, 0.2) is 0 Å². The van der Waals surface area contributed by atoms with E-state index >= 15 is 4.39 Å². The Morgan fingerprint density at radius 3 is 2.66 bits per heavy atom. The lowest BCUT2D eigenvalue weighted by atomic mass is 9.88. The zero-order valence-electron chi connectivity index (χ0n) is 20.5. The van der Waals surface area contributed by atoms with Crippen LogP contribution >= 0.6 is 15.9 Å². The van der Waals surface area contributed by atoms with Crippen molar-refractivity contribution < 1.29 is 14.3 Å². The summed E-state index contributed by atoms with van der Waals surface area (Å²) in [6, 6.07) is 4.88. The molecule has 1 aromatic carbocycles. The normalized spacial score (nSPS) is 26.6. The van der Waals surface area contributed by atoms with Gasteiger partial charge in [0.25, 0.3) is 0 Å². The smallest absolute Gasteiger partial charge is 0.231 e. The van der Waals surface area contributed by atoms with Crippen LogP contribution < -0.4 is 10.2 Å². The van der Waals surface area contributed by atoms with Crippen molar-refractivity contribution in [1.82, 2.24) is 20.2 Å². The van der Waals surface area contributed by atoms with Crippen LogP contribution in [0.4, 0.5) is 10.2 Å². The van der Waals surface area contributed by atoms with E-state index in [0.717, 1.165) is 29.9 Å². The van der Waals surface area contributed by atoms with E-state index in [9.17, 15) is 9.90 Å². The van der Waals surface area contributed by atoms with Crippen molar-refractivity contribution in [2.24, 2.45) is 0 Å². The molecule has 0 spiro atoms. The lowest BCUT2D eigenvalue weighted by molar-refractivity contribution is -0.133. The number of anilines is 1. The minimum Gasteiger partial charge on any atom is -0.387 e. The van der Waals surface area contributed by atoms with Gasteiger partial charge < -0.3 is 20.2 Å². The zero-order chi connectivity index (χ0) is 24.9. The molecule has 4 atom stereocenters. The molecule has 1 aliphatic carbocycles. The molecule has 0 radical (unpaired) electrons. The molecule has 2 aromatic rings. The number of amides is 1. The molecule has 35 heavy (non-hydrogen) atoms. The highest BCUT2D eigenvalue weighted by atomic mass is 79.9. The molecule has 7 nitrogen and oxygen atoms in total. The van der Waals surface area contributed by atoms with Crippen LogP contribution in [-0.2, 0) is 4.79 Å². The zero-order valence-corrected chi connectivity index (χ0v) is 22.1. The number of nitrogens with one attached hydrogen (secondary N) is 1. The number of nitrogens with zero attached hydrogens (tertiary/aromatic N) is 4. The van der Waals surface area contributed by atoms with Gasteiger partial charge in [0.05, 0.1) is 17.7 Å². The number of aliphatic hydroxyl groups is 1. The second kappa shape index (κ2) is 9.41. The highest BCUT2D eigenvalue weighted by Gasteiger charge is 2.42. The quantitative estimate of drug-likeness (QED) is 0.606. The Morgan fingerprint density at radius 1 is 1.26 bits per heavy atom. The third kappa shape index (κ3) is 4.70. The van der Waals surface area contributed by atoms with Crippen molar-refractivity contribution >= 4 is 27.7 Å². The number of aliphatic hydroxyl groups excluding tert-OH is 1. The van der Waals surface area contributed by atoms with Crippen molar-refractivity contribution in [2.75, 3.05) is 31.1 Å². The first-order valence-electron chi connectivity index (χ1n) is 12.4. The fourth-order valence-corrected chi connectivity index (χ4v) is 6.31. The monoisotopic (exact) mass is 545 g/mol. The van der Waals surface area contributed by atoms with Crippen LogP contribution in [0, 0.1) is 5.82 Å². The molecule has 5 rings (SSSR count). The van der Waals surface area contributed by atoms with Crippen LogP contribution in [0.1, 0.15) is 74.8 Å². The van der Waals surface area contributed by atoms with Crippen LogP contribution in [0.3, 0.4) is 0 Å². The van der Waals surface area contributed by atoms with Gasteiger partial charge in [-0.1, -0.05) is 28.9 Å². The van der Waals surface area contributed by atoms with Gasteiger partial charge in [0.2, 0.25) is 5.91 Å². The van der Waals surface area contributed by atoms with E-state index in [2.05, 4.69) is 56.9 Å². The van der Waals surface area contributed by atoms with Crippen molar-refractivity contribution in [1.29, 1.82) is 0 Å². The number of benzene rings is 1. The molecule has 2 saturated heterocycles. The van der Waals surface area contributed by atoms with Gasteiger partial charge in [-0.25, -0.2) is 14.4 Å². The third-order valence-corrected chi connectivity index (χ3v) is 8.29. The average Bonchev–Trinajstić information content (AvgIpc) is 3.33. The maximum Gasteiger partial charge on any atom is 0.231 e. The summed E-state index contributed by atoms with van der Waals surface area (Å²) >= 11 is 3.34. The minimum absolute atomic E-state index is 0.0298. The van der Waals surface area contributed by atoms with Crippen LogP contribution in [-0.4, -0.2) is 63.6 Å². The SMILES string of the molecule is C[C@@H]1C[C@@H](O)c2ncnc(N3CCN(C(=O)[C@@H](c4ccc(Br)cc4F)[C@H]4CCC(C)(C)N4)CC3)c21. The molecule has 3 aliphatic rings. The number of hydrogen-bond donors (Lipinski definition) is 2. The molecule has 188 valence electrons. The van der Waals surface area contributed by atoms with Crippen molar-refractivity contribution in [3.63, 3.8) is 0 Å². The molecule has 2 aliphatic heterocycles. The number of piperazine rings is 1. The molecule has 0 saturated carbocycles. The first kappa shape index (κ1) is 24.6. The van der Waals surface area contributed by atoms with Crippen molar-refractivity contribution in [3.05, 3.63) is 51.6 Å². The summed E-state index contributed by atoms with van der Waals surface area (Å²) < 4.78 is 15.7. The summed E-state index contributed by atoms with van der Waals surface area (Å²) in [5.41, 5.74) is 2.11. The lowest BCUT2D eigenvalue weighted by Crippen LogP contribution is -2.53. The van der Waals surface area contributed by atoms with Gasteiger partial charge in [0.1, 0.15) is 18.0 Å². The van der Waals surface area contributed by atoms with Gasteiger partial charge >= 0.3 is 0 Å². The molecule has 2 N–H and O–H groups in total. The second-order valence-corrected chi connectivity index (χ2v) is 11.7. The van der Waals surface area contributed by atoms with Crippen molar-refractivity contribution in [2.45, 2.75) is 69.6 Å². The standard InChI is InChI=1S/C26H33BrFN5O2/c1-15-12-20(34)23-21(15)24(30-14-29-23)32-8-10-33(11-9-32)25(35)22(19-6-7-26(2,3)31-19)17-5-4-16(27)13-18(17)28/h4-5,13-15,19-20,22,31,34H,6-12H2,1-3H3/t15-,19-,20-,22+/m1/s1. The largest absolute Gasteiger partial charge is 0.387 e. The summed E-state index contributed by atoms with van der Waals surface area (Å²) in [5, 5.41) is 13.9. The van der Waals surface area contributed by atoms with Gasteiger partial charge in [-0.05, 0) is 51.2 Å². The summed E-state index contributed by atoms with van der Waals surface area (Å²) in [7, 11) is 0. The molecule has 0 bridgehead atoms. The Hall–Kier alpha value is -2.10. The Balaban J connectivity index is 1.36.